The molecule has 1 saturated carbocycles. The third kappa shape index (κ3) is 3.25. The molecule has 3 rings (SSSR count). The van der Waals surface area contributed by atoms with Crippen molar-refractivity contribution in [3.8, 4) is 0 Å². The van der Waals surface area contributed by atoms with E-state index >= 15 is 0 Å². The Morgan fingerprint density at radius 2 is 2.05 bits per heavy atom. The first-order chi connectivity index (χ1) is 9.72. The minimum absolute atomic E-state index is 0.116. The average Bonchev–Trinajstić information content (AvgIpc) is 2.85. The second-order valence-electron chi connectivity index (χ2n) is 6.19. The molecule has 1 heterocycles. The van der Waals surface area contributed by atoms with Gasteiger partial charge in [0, 0.05) is 10.5 Å². The van der Waals surface area contributed by atoms with Crippen molar-refractivity contribution in [2.45, 2.75) is 56.2 Å². The van der Waals surface area contributed by atoms with Gasteiger partial charge in [-0.3, -0.25) is 4.79 Å². The van der Waals surface area contributed by atoms with Crippen LogP contribution >= 0.6 is 15.9 Å². The van der Waals surface area contributed by atoms with Crippen molar-refractivity contribution in [2.24, 2.45) is 5.92 Å². The Labute approximate surface area is 129 Å². The number of hydrogen-bond acceptors (Lipinski definition) is 1. The molecule has 108 valence electrons. The maximum Gasteiger partial charge on any atom is 0.228 e. The van der Waals surface area contributed by atoms with Gasteiger partial charge in [0.2, 0.25) is 5.91 Å². The molecule has 0 spiro atoms. The van der Waals surface area contributed by atoms with Gasteiger partial charge in [-0.25, -0.2) is 0 Å². The SMILES string of the molecule is O=C1Cc2cc(C(Br)CCC3CCCCC3)ccc2N1. The quantitative estimate of drug-likeness (QED) is 0.772. The van der Waals surface area contributed by atoms with Gasteiger partial charge in [-0.15, -0.1) is 0 Å². The number of carbonyl (C=O) groups excluding carboxylic acids is 1. The van der Waals surface area contributed by atoms with E-state index in [0.29, 0.717) is 11.2 Å². The smallest absolute Gasteiger partial charge is 0.228 e. The fourth-order valence-corrected chi connectivity index (χ4v) is 4.02. The molecule has 0 aromatic heterocycles. The highest BCUT2D eigenvalue weighted by atomic mass is 79.9. The van der Waals surface area contributed by atoms with E-state index in [0.717, 1.165) is 17.2 Å². The standard InChI is InChI=1S/C17H22BrNO/c18-15(8-6-12-4-2-1-3-5-12)13-7-9-16-14(10-13)11-17(20)19-16/h7,9-10,12,15H,1-6,8,11H2,(H,19,20). The Bertz CT molecular complexity index is 494. The molecule has 1 aromatic rings. The summed E-state index contributed by atoms with van der Waals surface area (Å²) in [5.41, 5.74) is 3.46. The molecule has 0 radical (unpaired) electrons. The van der Waals surface area contributed by atoms with Crippen molar-refractivity contribution in [3.05, 3.63) is 29.3 Å². The molecule has 20 heavy (non-hydrogen) atoms. The van der Waals surface area contributed by atoms with Gasteiger partial charge in [0.1, 0.15) is 0 Å². The number of anilines is 1. The first-order valence-corrected chi connectivity index (χ1v) is 8.70. The number of amides is 1. The highest BCUT2D eigenvalue weighted by molar-refractivity contribution is 9.09. The number of rotatable bonds is 4. The molecule has 1 aliphatic heterocycles. The van der Waals surface area contributed by atoms with Crippen LogP contribution < -0.4 is 5.32 Å². The number of benzene rings is 1. The van der Waals surface area contributed by atoms with Crippen LogP contribution in [0.15, 0.2) is 18.2 Å². The summed E-state index contributed by atoms with van der Waals surface area (Å²) in [7, 11) is 0. The second-order valence-corrected chi connectivity index (χ2v) is 7.30. The molecule has 1 aromatic carbocycles. The number of nitrogens with one attached hydrogen (secondary N) is 1. The van der Waals surface area contributed by atoms with Gasteiger partial charge in [0.05, 0.1) is 6.42 Å². The molecule has 1 fully saturated rings. The van der Waals surface area contributed by atoms with E-state index in [1.807, 2.05) is 6.07 Å². The Morgan fingerprint density at radius 3 is 2.85 bits per heavy atom. The van der Waals surface area contributed by atoms with Crippen LogP contribution in [0.25, 0.3) is 0 Å². The number of alkyl halides is 1. The first kappa shape index (κ1) is 14.1. The number of carbonyl (C=O) groups is 1. The lowest BCUT2D eigenvalue weighted by atomic mass is 9.85. The number of hydrogen-bond donors (Lipinski definition) is 1. The van der Waals surface area contributed by atoms with E-state index in [1.165, 1.54) is 50.5 Å². The molecule has 2 nitrogen and oxygen atoms in total. The van der Waals surface area contributed by atoms with E-state index in [4.69, 9.17) is 0 Å². The summed E-state index contributed by atoms with van der Waals surface area (Å²) in [4.78, 5) is 11.8. The highest BCUT2D eigenvalue weighted by Crippen LogP contribution is 2.36. The summed E-state index contributed by atoms with van der Waals surface area (Å²) < 4.78 is 0. The minimum atomic E-state index is 0.116. The summed E-state index contributed by atoms with van der Waals surface area (Å²) in [5.74, 6) is 1.05. The minimum Gasteiger partial charge on any atom is -0.326 e. The predicted molar refractivity (Wildman–Crippen MR) is 86.3 cm³/mol. The van der Waals surface area contributed by atoms with Crippen LogP contribution in [0.2, 0.25) is 0 Å². The van der Waals surface area contributed by atoms with Crippen LogP contribution in [0.1, 0.15) is 60.9 Å². The largest absolute Gasteiger partial charge is 0.326 e. The van der Waals surface area contributed by atoms with Crippen LogP contribution in [-0.4, -0.2) is 5.91 Å². The zero-order valence-electron chi connectivity index (χ0n) is 11.8. The summed E-state index contributed by atoms with van der Waals surface area (Å²) in [6.45, 7) is 0. The van der Waals surface area contributed by atoms with Crippen molar-refractivity contribution < 1.29 is 4.79 Å². The van der Waals surface area contributed by atoms with Crippen molar-refractivity contribution in [1.29, 1.82) is 0 Å². The third-order valence-electron chi connectivity index (χ3n) is 4.67. The van der Waals surface area contributed by atoms with E-state index in [9.17, 15) is 4.79 Å². The lowest BCUT2D eigenvalue weighted by Gasteiger charge is -2.22. The Hall–Kier alpha value is -0.830. The molecule has 1 N–H and O–H groups in total. The van der Waals surface area contributed by atoms with Gasteiger partial charge < -0.3 is 5.32 Å². The second kappa shape index (κ2) is 6.30. The summed E-state index contributed by atoms with van der Waals surface area (Å²) in [6.07, 6.45) is 10.2. The van der Waals surface area contributed by atoms with Gasteiger partial charge in [-0.05, 0) is 36.0 Å². The van der Waals surface area contributed by atoms with Crippen LogP contribution in [0.4, 0.5) is 5.69 Å². The Balaban J connectivity index is 1.58. The van der Waals surface area contributed by atoms with Crippen molar-refractivity contribution >= 4 is 27.5 Å². The third-order valence-corrected chi connectivity index (χ3v) is 5.66. The lowest BCUT2D eigenvalue weighted by Crippen LogP contribution is -2.07. The maximum atomic E-state index is 11.4. The fourth-order valence-electron chi connectivity index (χ4n) is 3.47. The summed E-state index contributed by atoms with van der Waals surface area (Å²) >= 11 is 3.83. The molecular weight excluding hydrogens is 314 g/mol. The Kier molecular flexibility index (Phi) is 4.45. The van der Waals surface area contributed by atoms with Crippen LogP contribution in [0.3, 0.4) is 0 Å². The lowest BCUT2D eigenvalue weighted by molar-refractivity contribution is -0.115. The molecule has 1 unspecified atom stereocenters. The van der Waals surface area contributed by atoms with Gasteiger partial charge in [-0.2, -0.15) is 0 Å². The van der Waals surface area contributed by atoms with Crippen LogP contribution in [0, 0.1) is 5.92 Å². The number of fused-ring (bicyclic) bond motifs is 1. The van der Waals surface area contributed by atoms with Crippen LogP contribution in [0.5, 0.6) is 0 Å². The summed E-state index contributed by atoms with van der Waals surface area (Å²) in [6, 6.07) is 6.38. The highest BCUT2D eigenvalue weighted by Gasteiger charge is 2.20. The monoisotopic (exact) mass is 335 g/mol. The zero-order valence-corrected chi connectivity index (χ0v) is 13.4. The van der Waals surface area contributed by atoms with E-state index in [2.05, 4.69) is 33.4 Å². The summed E-state index contributed by atoms with van der Waals surface area (Å²) in [5, 5.41) is 2.89. The molecule has 0 saturated heterocycles. The average molecular weight is 336 g/mol. The molecule has 1 atom stereocenters. The molecule has 3 heteroatoms. The zero-order chi connectivity index (χ0) is 13.9. The van der Waals surface area contributed by atoms with Gasteiger partial charge in [0.25, 0.3) is 0 Å². The van der Waals surface area contributed by atoms with E-state index < -0.39 is 0 Å². The number of halogens is 1. The fraction of sp³-hybridized carbons (Fsp3) is 0.588. The van der Waals surface area contributed by atoms with Crippen LogP contribution in [-0.2, 0) is 11.2 Å². The normalized spacial score (nSPS) is 20.6. The van der Waals surface area contributed by atoms with Crippen molar-refractivity contribution in [3.63, 3.8) is 0 Å². The van der Waals surface area contributed by atoms with Gasteiger partial charge in [-0.1, -0.05) is 60.2 Å². The maximum absolute atomic E-state index is 11.4. The molecule has 0 bridgehead atoms. The predicted octanol–water partition coefficient (Wildman–Crippen LogP) is 4.98. The molecule has 1 aliphatic carbocycles. The topological polar surface area (TPSA) is 29.1 Å². The van der Waals surface area contributed by atoms with Crippen molar-refractivity contribution in [2.75, 3.05) is 5.32 Å². The first-order valence-electron chi connectivity index (χ1n) is 7.79. The van der Waals surface area contributed by atoms with Gasteiger partial charge in [0.15, 0.2) is 0 Å². The van der Waals surface area contributed by atoms with Crippen molar-refractivity contribution in [1.82, 2.24) is 0 Å². The van der Waals surface area contributed by atoms with E-state index in [1.54, 1.807) is 0 Å². The molecule has 1 amide bonds. The molecular formula is C17H22BrNO. The van der Waals surface area contributed by atoms with Gasteiger partial charge >= 0.3 is 0 Å². The Morgan fingerprint density at radius 1 is 1.25 bits per heavy atom. The molecule has 2 aliphatic rings. The van der Waals surface area contributed by atoms with E-state index in [-0.39, 0.29) is 5.91 Å².